The monoisotopic (exact) mass is 422 g/mol. The third-order valence-corrected chi connectivity index (χ3v) is 5.29. The summed E-state index contributed by atoms with van der Waals surface area (Å²) in [6.45, 7) is 2.41. The number of hydrogen-bond donors (Lipinski definition) is 1. The fourth-order valence-electron chi connectivity index (χ4n) is 3.49. The van der Waals surface area contributed by atoms with Gasteiger partial charge >= 0.3 is 6.03 Å². The first kappa shape index (κ1) is 18.8. The molecule has 140 valence electrons. The Morgan fingerprint density at radius 3 is 2.65 bits per heavy atom. The second-order valence-electron chi connectivity index (χ2n) is 6.42. The summed E-state index contributed by atoms with van der Waals surface area (Å²) in [5, 5.41) is 2.71. The average Bonchev–Trinajstić information content (AvgIpc) is 2.91. The van der Waals surface area contributed by atoms with Gasteiger partial charge in [0.15, 0.2) is 11.5 Å². The molecule has 2 fully saturated rings. The molecule has 1 aliphatic heterocycles. The molecule has 26 heavy (non-hydrogen) atoms. The molecule has 3 rings (SSSR count). The number of carbonyl (C=O) groups is 2. The quantitative estimate of drug-likeness (QED) is 0.573. The number of carbonyl (C=O) groups excluding carboxylic acids is 2. The van der Waals surface area contributed by atoms with Crippen molar-refractivity contribution in [1.29, 1.82) is 0 Å². The number of nitrogens with one attached hydrogen (secondary N) is 1. The summed E-state index contributed by atoms with van der Waals surface area (Å²) in [6, 6.07) is 3.29. The van der Waals surface area contributed by atoms with Gasteiger partial charge in [-0.25, -0.2) is 4.79 Å². The Morgan fingerprint density at radius 2 is 2.00 bits per heavy atom. The first-order chi connectivity index (χ1) is 12.5. The lowest BCUT2D eigenvalue weighted by atomic mass is 9.94. The van der Waals surface area contributed by atoms with Crippen LogP contribution in [0, 0.1) is 0 Å². The molecule has 0 atom stereocenters. The lowest BCUT2D eigenvalue weighted by Crippen LogP contribution is -2.41. The summed E-state index contributed by atoms with van der Waals surface area (Å²) in [5.74, 6) is 0.919. The first-order valence-corrected chi connectivity index (χ1v) is 9.71. The van der Waals surface area contributed by atoms with Crippen LogP contribution in [0.5, 0.6) is 11.5 Å². The van der Waals surface area contributed by atoms with Crippen LogP contribution in [-0.2, 0) is 4.79 Å². The Hall–Kier alpha value is -2.02. The minimum absolute atomic E-state index is 0.00347. The highest BCUT2D eigenvalue weighted by molar-refractivity contribution is 9.10. The summed E-state index contributed by atoms with van der Waals surface area (Å²) in [4.78, 5) is 26.4. The van der Waals surface area contributed by atoms with Crippen LogP contribution in [0.1, 0.15) is 44.6 Å². The summed E-state index contributed by atoms with van der Waals surface area (Å²) >= 11 is 3.47. The van der Waals surface area contributed by atoms with Crippen molar-refractivity contribution in [1.82, 2.24) is 10.2 Å². The van der Waals surface area contributed by atoms with Gasteiger partial charge in [-0.2, -0.15) is 0 Å². The molecule has 1 aliphatic carbocycles. The van der Waals surface area contributed by atoms with Crippen molar-refractivity contribution in [3.05, 3.63) is 27.9 Å². The van der Waals surface area contributed by atoms with Gasteiger partial charge in [-0.1, -0.05) is 19.3 Å². The fourth-order valence-corrected chi connectivity index (χ4v) is 4.07. The van der Waals surface area contributed by atoms with E-state index in [1.54, 1.807) is 19.3 Å². The molecule has 1 aromatic rings. The Balaban J connectivity index is 1.87. The van der Waals surface area contributed by atoms with Crippen LogP contribution in [-0.4, -0.2) is 36.6 Å². The standard InChI is InChI=1S/C19H23BrN2O4/c1-3-26-17-14(20)9-12(11-16(17)25-2)10-15-18(23)22(19(24)21-15)13-7-5-4-6-8-13/h9-11,13H,3-8H2,1-2H3,(H,21,24)/b15-10-. The number of hydrogen-bond acceptors (Lipinski definition) is 4. The lowest BCUT2D eigenvalue weighted by molar-refractivity contribution is -0.124. The number of nitrogens with zero attached hydrogens (tertiary/aromatic N) is 1. The summed E-state index contributed by atoms with van der Waals surface area (Å²) < 4.78 is 11.7. The van der Waals surface area contributed by atoms with E-state index in [9.17, 15) is 9.59 Å². The molecule has 0 bridgehead atoms. The zero-order chi connectivity index (χ0) is 18.7. The number of rotatable bonds is 5. The normalized spacial score (nSPS) is 19.8. The summed E-state index contributed by atoms with van der Waals surface area (Å²) in [6.07, 6.45) is 6.73. The van der Waals surface area contributed by atoms with Crippen molar-refractivity contribution < 1.29 is 19.1 Å². The molecule has 1 N–H and O–H groups in total. The Labute approximate surface area is 161 Å². The maximum absolute atomic E-state index is 12.7. The van der Waals surface area contributed by atoms with Gasteiger partial charge < -0.3 is 14.8 Å². The number of benzene rings is 1. The van der Waals surface area contributed by atoms with Crippen LogP contribution in [0.2, 0.25) is 0 Å². The predicted molar refractivity (Wildman–Crippen MR) is 102 cm³/mol. The largest absolute Gasteiger partial charge is 0.493 e. The molecule has 6 nitrogen and oxygen atoms in total. The third kappa shape index (κ3) is 3.72. The van der Waals surface area contributed by atoms with Gasteiger partial charge in [0.1, 0.15) is 5.70 Å². The molecule has 3 amide bonds. The van der Waals surface area contributed by atoms with Crippen molar-refractivity contribution in [2.45, 2.75) is 45.1 Å². The topological polar surface area (TPSA) is 67.9 Å². The molecular weight excluding hydrogens is 400 g/mol. The number of ether oxygens (including phenoxy) is 2. The van der Waals surface area contributed by atoms with E-state index in [-0.39, 0.29) is 18.0 Å². The molecule has 1 aromatic carbocycles. The Bertz CT molecular complexity index is 741. The van der Waals surface area contributed by atoms with Crippen molar-refractivity contribution in [2.24, 2.45) is 0 Å². The SMILES string of the molecule is CCOc1c(Br)cc(/C=C2\NC(=O)N(C3CCCCC3)C2=O)cc1OC. The van der Waals surface area contributed by atoms with E-state index in [2.05, 4.69) is 21.2 Å². The van der Waals surface area contributed by atoms with Crippen LogP contribution in [0.4, 0.5) is 4.79 Å². The van der Waals surface area contributed by atoms with Crippen LogP contribution < -0.4 is 14.8 Å². The second-order valence-corrected chi connectivity index (χ2v) is 7.28. The van der Waals surface area contributed by atoms with Gasteiger partial charge in [-0.15, -0.1) is 0 Å². The molecule has 0 spiro atoms. The Morgan fingerprint density at radius 1 is 1.27 bits per heavy atom. The average molecular weight is 423 g/mol. The van der Waals surface area contributed by atoms with Crippen molar-refractivity contribution in [2.75, 3.05) is 13.7 Å². The molecule has 1 saturated carbocycles. The molecule has 7 heteroatoms. The number of urea groups is 1. The van der Waals surface area contributed by atoms with Crippen molar-refractivity contribution >= 4 is 33.9 Å². The van der Waals surface area contributed by atoms with Crippen LogP contribution >= 0.6 is 15.9 Å². The lowest BCUT2D eigenvalue weighted by Gasteiger charge is -2.28. The van der Waals surface area contributed by atoms with E-state index in [0.717, 1.165) is 35.7 Å². The van der Waals surface area contributed by atoms with E-state index in [0.29, 0.717) is 23.8 Å². The number of imide groups is 1. The third-order valence-electron chi connectivity index (χ3n) is 4.70. The smallest absolute Gasteiger partial charge is 0.329 e. The fraction of sp³-hybridized carbons (Fsp3) is 0.474. The number of halogens is 1. The molecule has 0 unspecified atom stereocenters. The Kier molecular flexibility index (Phi) is 5.86. The summed E-state index contributed by atoms with van der Waals surface area (Å²) in [7, 11) is 1.56. The highest BCUT2D eigenvalue weighted by Crippen LogP contribution is 2.37. The number of methoxy groups -OCH3 is 1. The van der Waals surface area contributed by atoms with Crippen molar-refractivity contribution in [3.8, 4) is 11.5 Å². The van der Waals surface area contributed by atoms with E-state index in [1.807, 2.05) is 13.0 Å². The van der Waals surface area contributed by atoms with E-state index in [1.165, 1.54) is 11.3 Å². The molecule has 2 aliphatic rings. The van der Waals surface area contributed by atoms with E-state index in [4.69, 9.17) is 9.47 Å². The van der Waals surface area contributed by atoms with Crippen molar-refractivity contribution in [3.63, 3.8) is 0 Å². The summed E-state index contributed by atoms with van der Waals surface area (Å²) in [5.41, 5.74) is 1.03. The highest BCUT2D eigenvalue weighted by Gasteiger charge is 2.38. The van der Waals surface area contributed by atoms with Crippen LogP contribution in [0.15, 0.2) is 22.3 Å². The van der Waals surface area contributed by atoms with Crippen LogP contribution in [0.3, 0.4) is 0 Å². The minimum Gasteiger partial charge on any atom is -0.493 e. The van der Waals surface area contributed by atoms with E-state index < -0.39 is 0 Å². The first-order valence-electron chi connectivity index (χ1n) is 8.91. The maximum Gasteiger partial charge on any atom is 0.329 e. The van der Waals surface area contributed by atoms with E-state index >= 15 is 0 Å². The van der Waals surface area contributed by atoms with Gasteiger partial charge in [0.25, 0.3) is 5.91 Å². The zero-order valence-electron chi connectivity index (χ0n) is 15.0. The number of amides is 3. The van der Waals surface area contributed by atoms with Gasteiger partial charge in [-0.05, 0) is 59.5 Å². The second kappa shape index (κ2) is 8.12. The zero-order valence-corrected chi connectivity index (χ0v) is 16.6. The molecule has 1 heterocycles. The minimum atomic E-state index is -0.329. The van der Waals surface area contributed by atoms with Gasteiger partial charge in [0, 0.05) is 6.04 Å². The van der Waals surface area contributed by atoms with Gasteiger partial charge in [0.05, 0.1) is 18.2 Å². The van der Waals surface area contributed by atoms with Crippen LogP contribution in [0.25, 0.3) is 6.08 Å². The molecule has 0 aromatic heterocycles. The molecular formula is C19H23BrN2O4. The molecule has 0 radical (unpaired) electrons. The molecule has 1 saturated heterocycles. The van der Waals surface area contributed by atoms with Gasteiger partial charge in [-0.3, -0.25) is 9.69 Å². The predicted octanol–water partition coefficient (Wildman–Crippen LogP) is 4.08. The highest BCUT2D eigenvalue weighted by atomic mass is 79.9. The maximum atomic E-state index is 12.7. The van der Waals surface area contributed by atoms with Gasteiger partial charge in [0.2, 0.25) is 0 Å².